The fraction of sp³-hybridized carbons (Fsp3) is 0.714. The van der Waals surface area contributed by atoms with E-state index in [-0.39, 0.29) is 11.5 Å². The molecule has 0 N–H and O–H groups in total. The molecule has 5 heteroatoms. The van der Waals surface area contributed by atoms with Crippen molar-refractivity contribution in [2.24, 2.45) is 5.92 Å². The number of ether oxygens (including phenoxy) is 1. The van der Waals surface area contributed by atoms with Crippen molar-refractivity contribution >= 4 is 17.5 Å². The van der Waals surface area contributed by atoms with Gasteiger partial charge in [0.15, 0.2) is 0 Å². The predicted octanol–water partition coefficient (Wildman–Crippen LogP) is 3.03. The van der Waals surface area contributed by atoms with Crippen LogP contribution in [0.2, 0.25) is 0 Å². The molecule has 2 atom stereocenters. The second kappa shape index (κ2) is 5.95. The predicted molar refractivity (Wildman–Crippen MR) is 78.2 cm³/mol. The Kier molecular flexibility index (Phi) is 4.50. The van der Waals surface area contributed by atoms with Gasteiger partial charge in [-0.15, -0.1) is 11.6 Å². The number of nitrogens with zero attached hydrogens (tertiary/aromatic N) is 3. The van der Waals surface area contributed by atoms with Crippen molar-refractivity contribution in [1.29, 1.82) is 0 Å². The van der Waals surface area contributed by atoms with E-state index in [1.54, 1.807) is 0 Å². The van der Waals surface area contributed by atoms with E-state index < -0.39 is 0 Å². The van der Waals surface area contributed by atoms with E-state index in [4.69, 9.17) is 16.3 Å². The Hall–Kier alpha value is -1.03. The van der Waals surface area contributed by atoms with Crippen LogP contribution in [0.15, 0.2) is 6.07 Å². The Labute approximate surface area is 120 Å². The quantitative estimate of drug-likeness (QED) is 0.799. The standard InChI is InChI=1S/C14H22ClN3O/c1-9(2)19-13-7-11(4)16-14(17-13)18-6-5-10(3)12(15)8-18/h7,9-10,12H,5-6,8H2,1-4H3. The zero-order chi connectivity index (χ0) is 14.0. The molecule has 0 radical (unpaired) electrons. The van der Waals surface area contributed by atoms with E-state index in [0.29, 0.717) is 11.8 Å². The molecule has 4 nitrogen and oxygen atoms in total. The average molecular weight is 284 g/mol. The van der Waals surface area contributed by atoms with Crippen LogP contribution in [0.3, 0.4) is 0 Å². The third-order valence-corrected chi connectivity index (χ3v) is 3.89. The van der Waals surface area contributed by atoms with Crippen molar-refractivity contribution in [3.05, 3.63) is 11.8 Å². The molecule has 1 fully saturated rings. The highest BCUT2D eigenvalue weighted by Crippen LogP contribution is 2.25. The summed E-state index contributed by atoms with van der Waals surface area (Å²) < 4.78 is 5.66. The summed E-state index contributed by atoms with van der Waals surface area (Å²) in [5.74, 6) is 1.92. The van der Waals surface area contributed by atoms with E-state index in [2.05, 4.69) is 21.8 Å². The molecule has 0 aromatic carbocycles. The smallest absolute Gasteiger partial charge is 0.228 e. The fourth-order valence-electron chi connectivity index (χ4n) is 2.17. The van der Waals surface area contributed by atoms with Crippen molar-refractivity contribution in [3.8, 4) is 5.88 Å². The van der Waals surface area contributed by atoms with Crippen molar-refractivity contribution in [2.45, 2.75) is 45.6 Å². The van der Waals surface area contributed by atoms with E-state index in [1.807, 2.05) is 26.8 Å². The summed E-state index contributed by atoms with van der Waals surface area (Å²) in [6.45, 7) is 9.90. The molecule has 0 spiro atoms. The van der Waals surface area contributed by atoms with Crippen LogP contribution >= 0.6 is 11.6 Å². The maximum atomic E-state index is 6.35. The van der Waals surface area contributed by atoms with Crippen LogP contribution in [0, 0.1) is 12.8 Å². The molecule has 0 saturated carbocycles. The lowest BCUT2D eigenvalue weighted by Crippen LogP contribution is -2.41. The molecule has 2 rings (SSSR count). The molecule has 19 heavy (non-hydrogen) atoms. The Balaban J connectivity index is 2.17. The topological polar surface area (TPSA) is 38.2 Å². The number of aryl methyl sites for hydroxylation is 1. The molecule has 1 aromatic rings. The van der Waals surface area contributed by atoms with Gasteiger partial charge in [-0.05, 0) is 33.1 Å². The lowest BCUT2D eigenvalue weighted by Gasteiger charge is -2.34. The van der Waals surface area contributed by atoms with Crippen molar-refractivity contribution in [2.75, 3.05) is 18.0 Å². The van der Waals surface area contributed by atoms with Gasteiger partial charge in [0.05, 0.1) is 11.5 Å². The number of anilines is 1. The highest BCUT2D eigenvalue weighted by Gasteiger charge is 2.26. The molecule has 0 bridgehead atoms. The van der Waals surface area contributed by atoms with Crippen molar-refractivity contribution in [1.82, 2.24) is 9.97 Å². The van der Waals surface area contributed by atoms with Crippen LogP contribution in [0.4, 0.5) is 5.95 Å². The molecule has 2 unspecified atom stereocenters. The second-order valence-electron chi connectivity index (χ2n) is 5.54. The van der Waals surface area contributed by atoms with Gasteiger partial charge in [0.25, 0.3) is 0 Å². The maximum Gasteiger partial charge on any atom is 0.228 e. The van der Waals surface area contributed by atoms with Gasteiger partial charge in [0.2, 0.25) is 11.8 Å². The highest BCUT2D eigenvalue weighted by molar-refractivity contribution is 6.21. The molecule has 0 aliphatic carbocycles. The number of hydrogen-bond donors (Lipinski definition) is 0. The van der Waals surface area contributed by atoms with Crippen LogP contribution in [-0.4, -0.2) is 34.5 Å². The number of halogens is 1. The first-order valence-electron chi connectivity index (χ1n) is 6.87. The molecule has 2 heterocycles. The summed E-state index contributed by atoms with van der Waals surface area (Å²) in [6.07, 6.45) is 1.19. The largest absolute Gasteiger partial charge is 0.475 e. The normalized spacial score (nSPS) is 23.8. The first-order valence-corrected chi connectivity index (χ1v) is 7.30. The van der Waals surface area contributed by atoms with Crippen LogP contribution in [0.5, 0.6) is 5.88 Å². The Bertz CT molecular complexity index is 439. The number of hydrogen-bond acceptors (Lipinski definition) is 4. The van der Waals surface area contributed by atoms with E-state index in [0.717, 1.165) is 31.2 Å². The summed E-state index contributed by atoms with van der Waals surface area (Å²) in [5, 5.41) is 0.160. The second-order valence-corrected chi connectivity index (χ2v) is 6.10. The zero-order valence-corrected chi connectivity index (χ0v) is 12.8. The lowest BCUT2D eigenvalue weighted by atomic mass is 9.99. The monoisotopic (exact) mass is 283 g/mol. The summed E-state index contributed by atoms with van der Waals surface area (Å²) in [5.41, 5.74) is 0.922. The SMILES string of the molecule is Cc1cc(OC(C)C)nc(N2CCC(C)C(Cl)C2)n1. The molecule has 0 amide bonds. The van der Waals surface area contributed by atoms with Gasteiger partial charge in [-0.1, -0.05) is 6.92 Å². The van der Waals surface area contributed by atoms with Crippen LogP contribution in [-0.2, 0) is 0 Å². The van der Waals surface area contributed by atoms with Crippen molar-refractivity contribution < 1.29 is 4.74 Å². The fourth-order valence-corrected chi connectivity index (χ4v) is 2.46. The number of rotatable bonds is 3. The minimum atomic E-state index is 0.115. The molecular formula is C14H22ClN3O. The first-order chi connectivity index (χ1) is 8.95. The molecule has 1 saturated heterocycles. The molecule has 106 valence electrons. The maximum absolute atomic E-state index is 6.35. The number of alkyl halides is 1. The summed E-state index contributed by atoms with van der Waals surface area (Å²) >= 11 is 6.35. The molecular weight excluding hydrogens is 262 g/mol. The van der Waals surface area contributed by atoms with Gasteiger partial charge in [-0.3, -0.25) is 0 Å². The van der Waals surface area contributed by atoms with Crippen LogP contribution in [0.1, 0.15) is 32.9 Å². The van der Waals surface area contributed by atoms with E-state index in [1.165, 1.54) is 0 Å². The third kappa shape index (κ3) is 3.72. The van der Waals surface area contributed by atoms with E-state index in [9.17, 15) is 0 Å². The van der Waals surface area contributed by atoms with Gasteiger partial charge >= 0.3 is 0 Å². The van der Waals surface area contributed by atoms with Crippen molar-refractivity contribution in [3.63, 3.8) is 0 Å². The minimum absolute atomic E-state index is 0.115. The minimum Gasteiger partial charge on any atom is -0.475 e. The molecule has 1 aromatic heterocycles. The highest BCUT2D eigenvalue weighted by atomic mass is 35.5. The Morgan fingerprint density at radius 2 is 2.16 bits per heavy atom. The summed E-state index contributed by atoms with van der Waals surface area (Å²) in [6, 6.07) is 1.87. The Morgan fingerprint density at radius 3 is 2.79 bits per heavy atom. The summed E-state index contributed by atoms with van der Waals surface area (Å²) in [4.78, 5) is 11.1. The van der Waals surface area contributed by atoms with Crippen LogP contribution in [0.25, 0.3) is 0 Å². The van der Waals surface area contributed by atoms with E-state index >= 15 is 0 Å². The zero-order valence-electron chi connectivity index (χ0n) is 12.1. The van der Waals surface area contributed by atoms with Gasteiger partial charge in [-0.2, -0.15) is 4.98 Å². The lowest BCUT2D eigenvalue weighted by molar-refractivity contribution is 0.232. The Morgan fingerprint density at radius 1 is 1.42 bits per heavy atom. The van der Waals surface area contributed by atoms with Gasteiger partial charge in [0, 0.05) is 24.8 Å². The summed E-state index contributed by atoms with van der Waals surface area (Å²) in [7, 11) is 0. The first kappa shape index (κ1) is 14.4. The van der Waals surface area contributed by atoms with Gasteiger partial charge in [0.1, 0.15) is 0 Å². The molecule has 1 aliphatic rings. The third-order valence-electron chi connectivity index (χ3n) is 3.32. The van der Waals surface area contributed by atoms with Gasteiger partial charge in [-0.25, -0.2) is 4.98 Å². The van der Waals surface area contributed by atoms with Crippen LogP contribution < -0.4 is 9.64 Å². The number of piperidine rings is 1. The van der Waals surface area contributed by atoms with Gasteiger partial charge < -0.3 is 9.64 Å². The average Bonchev–Trinajstić information content (AvgIpc) is 2.31. The molecule has 1 aliphatic heterocycles. The number of aromatic nitrogens is 2.